The predicted molar refractivity (Wildman–Crippen MR) is 65.1 cm³/mol. The number of anilines is 1. The highest BCUT2D eigenvalue weighted by molar-refractivity contribution is 7.99. The van der Waals surface area contributed by atoms with Crippen molar-refractivity contribution in [2.24, 2.45) is 0 Å². The van der Waals surface area contributed by atoms with Crippen LogP contribution in [0.3, 0.4) is 0 Å². The molecule has 2 nitrogen and oxygen atoms in total. The Morgan fingerprint density at radius 2 is 2.00 bits per heavy atom. The summed E-state index contributed by atoms with van der Waals surface area (Å²) in [5, 5.41) is 12.4. The SMILES string of the molecule is N#Cc1ccccc1NC1CCSCC1. The summed E-state index contributed by atoms with van der Waals surface area (Å²) < 4.78 is 0. The van der Waals surface area contributed by atoms with Gasteiger partial charge in [0.05, 0.1) is 11.3 Å². The van der Waals surface area contributed by atoms with Crippen LogP contribution in [0.1, 0.15) is 18.4 Å². The Labute approximate surface area is 94.7 Å². The van der Waals surface area contributed by atoms with E-state index in [1.165, 1.54) is 24.3 Å². The number of nitrogens with one attached hydrogen (secondary N) is 1. The lowest BCUT2D eigenvalue weighted by Gasteiger charge is -2.24. The van der Waals surface area contributed by atoms with Gasteiger partial charge in [-0.3, -0.25) is 0 Å². The highest BCUT2D eigenvalue weighted by Crippen LogP contribution is 2.22. The Morgan fingerprint density at radius 3 is 2.73 bits per heavy atom. The van der Waals surface area contributed by atoms with E-state index in [0.717, 1.165) is 11.3 Å². The van der Waals surface area contributed by atoms with Gasteiger partial charge in [-0.2, -0.15) is 17.0 Å². The van der Waals surface area contributed by atoms with E-state index in [-0.39, 0.29) is 0 Å². The summed E-state index contributed by atoms with van der Waals surface area (Å²) in [5.41, 5.74) is 1.73. The van der Waals surface area contributed by atoms with Gasteiger partial charge in [0.25, 0.3) is 0 Å². The van der Waals surface area contributed by atoms with Crippen LogP contribution in [0.5, 0.6) is 0 Å². The first-order chi connectivity index (χ1) is 7.40. The molecule has 1 aliphatic rings. The van der Waals surface area contributed by atoms with E-state index in [2.05, 4.69) is 11.4 Å². The molecular weight excluding hydrogens is 204 g/mol. The molecule has 0 atom stereocenters. The van der Waals surface area contributed by atoms with Crippen molar-refractivity contribution in [3.05, 3.63) is 29.8 Å². The molecule has 2 rings (SSSR count). The molecule has 0 saturated carbocycles. The van der Waals surface area contributed by atoms with Gasteiger partial charge in [-0.05, 0) is 36.5 Å². The van der Waals surface area contributed by atoms with Crippen LogP contribution in [0.2, 0.25) is 0 Å². The fraction of sp³-hybridized carbons (Fsp3) is 0.417. The summed E-state index contributed by atoms with van der Waals surface area (Å²) in [5.74, 6) is 2.46. The van der Waals surface area contributed by atoms with E-state index in [1.807, 2.05) is 36.0 Å². The molecule has 3 heteroatoms. The van der Waals surface area contributed by atoms with E-state index < -0.39 is 0 Å². The third kappa shape index (κ3) is 2.66. The van der Waals surface area contributed by atoms with Crippen molar-refractivity contribution in [1.29, 1.82) is 5.26 Å². The fourth-order valence-electron chi connectivity index (χ4n) is 1.77. The second-order valence-electron chi connectivity index (χ2n) is 3.69. The fourth-order valence-corrected chi connectivity index (χ4v) is 2.87. The molecule has 0 amide bonds. The van der Waals surface area contributed by atoms with Gasteiger partial charge in [-0.15, -0.1) is 0 Å². The minimum Gasteiger partial charge on any atom is -0.381 e. The number of benzene rings is 1. The van der Waals surface area contributed by atoms with Gasteiger partial charge in [0.15, 0.2) is 0 Å². The van der Waals surface area contributed by atoms with Crippen molar-refractivity contribution in [3.63, 3.8) is 0 Å². The largest absolute Gasteiger partial charge is 0.381 e. The van der Waals surface area contributed by atoms with E-state index in [4.69, 9.17) is 5.26 Å². The zero-order valence-corrected chi connectivity index (χ0v) is 9.39. The third-order valence-corrected chi connectivity index (χ3v) is 3.68. The van der Waals surface area contributed by atoms with E-state index in [9.17, 15) is 0 Å². The average molecular weight is 218 g/mol. The predicted octanol–water partition coefficient (Wildman–Crippen LogP) is 2.87. The van der Waals surface area contributed by atoms with Gasteiger partial charge in [0, 0.05) is 6.04 Å². The van der Waals surface area contributed by atoms with Crippen LogP contribution in [0, 0.1) is 11.3 Å². The van der Waals surface area contributed by atoms with Crippen molar-refractivity contribution in [1.82, 2.24) is 0 Å². The van der Waals surface area contributed by atoms with Crippen LogP contribution in [-0.2, 0) is 0 Å². The van der Waals surface area contributed by atoms with Crippen molar-refractivity contribution in [3.8, 4) is 6.07 Å². The first-order valence-corrected chi connectivity index (χ1v) is 6.39. The molecule has 1 saturated heterocycles. The van der Waals surface area contributed by atoms with E-state index in [0.29, 0.717) is 6.04 Å². The van der Waals surface area contributed by atoms with Crippen LogP contribution < -0.4 is 5.32 Å². The van der Waals surface area contributed by atoms with Crippen molar-refractivity contribution in [2.45, 2.75) is 18.9 Å². The number of thioether (sulfide) groups is 1. The molecule has 15 heavy (non-hydrogen) atoms. The van der Waals surface area contributed by atoms with Crippen molar-refractivity contribution >= 4 is 17.4 Å². The molecule has 0 radical (unpaired) electrons. The number of nitrogens with zero attached hydrogens (tertiary/aromatic N) is 1. The topological polar surface area (TPSA) is 35.8 Å². The van der Waals surface area contributed by atoms with Gasteiger partial charge in [0.2, 0.25) is 0 Å². The standard InChI is InChI=1S/C12H14N2S/c13-9-10-3-1-2-4-12(10)14-11-5-7-15-8-6-11/h1-4,11,14H,5-8H2. The molecule has 0 aliphatic carbocycles. The van der Waals surface area contributed by atoms with E-state index in [1.54, 1.807) is 0 Å². The molecule has 0 aromatic heterocycles. The quantitative estimate of drug-likeness (QED) is 0.829. The van der Waals surface area contributed by atoms with Gasteiger partial charge in [-0.1, -0.05) is 12.1 Å². The lowest BCUT2D eigenvalue weighted by molar-refractivity contribution is 0.666. The van der Waals surface area contributed by atoms with Gasteiger partial charge in [0.1, 0.15) is 6.07 Å². The lowest BCUT2D eigenvalue weighted by Crippen LogP contribution is -2.24. The Bertz CT molecular complexity index is 364. The Balaban J connectivity index is 2.06. The van der Waals surface area contributed by atoms with Crippen LogP contribution in [0.25, 0.3) is 0 Å². The molecule has 78 valence electrons. The number of nitriles is 1. The summed E-state index contributed by atoms with van der Waals surface area (Å²) >= 11 is 2.01. The molecule has 1 N–H and O–H groups in total. The van der Waals surface area contributed by atoms with Crippen LogP contribution in [-0.4, -0.2) is 17.5 Å². The number of hydrogen-bond donors (Lipinski definition) is 1. The molecule has 0 spiro atoms. The zero-order valence-electron chi connectivity index (χ0n) is 8.57. The molecule has 1 aliphatic heterocycles. The van der Waals surface area contributed by atoms with Crippen LogP contribution in [0.4, 0.5) is 5.69 Å². The zero-order chi connectivity index (χ0) is 10.5. The highest BCUT2D eigenvalue weighted by atomic mass is 32.2. The average Bonchev–Trinajstić information content (AvgIpc) is 2.31. The normalized spacial score (nSPS) is 17.0. The molecule has 1 aromatic rings. The van der Waals surface area contributed by atoms with Crippen molar-refractivity contribution < 1.29 is 0 Å². The Hall–Kier alpha value is -1.14. The minimum atomic E-state index is 0.542. The smallest absolute Gasteiger partial charge is 0.101 e. The first kappa shape index (κ1) is 10.4. The minimum absolute atomic E-state index is 0.542. The number of para-hydroxylation sites is 1. The summed E-state index contributed by atoms with van der Waals surface area (Å²) in [4.78, 5) is 0. The molecular formula is C12H14N2S. The molecule has 1 fully saturated rings. The summed E-state index contributed by atoms with van der Waals surface area (Å²) in [6.07, 6.45) is 2.40. The molecule has 1 aromatic carbocycles. The highest BCUT2D eigenvalue weighted by Gasteiger charge is 2.14. The second-order valence-corrected chi connectivity index (χ2v) is 4.91. The first-order valence-electron chi connectivity index (χ1n) is 5.23. The monoisotopic (exact) mass is 218 g/mol. The summed E-state index contributed by atoms with van der Waals surface area (Å²) in [7, 11) is 0. The Morgan fingerprint density at radius 1 is 1.27 bits per heavy atom. The molecule has 0 unspecified atom stereocenters. The number of hydrogen-bond acceptors (Lipinski definition) is 3. The third-order valence-electron chi connectivity index (χ3n) is 2.63. The van der Waals surface area contributed by atoms with E-state index >= 15 is 0 Å². The number of rotatable bonds is 2. The Kier molecular flexibility index (Phi) is 3.52. The van der Waals surface area contributed by atoms with Gasteiger partial charge in [-0.25, -0.2) is 0 Å². The van der Waals surface area contributed by atoms with Crippen LogP contribution >= 0.6 is 11.8 Å². The van der Waals surface area contributed by atoms with Gasteiger partial charge < -0.3 is 5.32 Å². The molecule has 0 bridgehead atoms. The maximum atomic E-state index is 8.95. The maximum absolute atomic E-state index is 8.95. The van der Waals surface area contributed by atoms with Crippen molar-refractivity contribution in [2.75, 3.05) is 16.8 Å². The summed E-state index contributed by atoms with van der Waals surface area (Å²) in [6, 6.07) is 10.5. The molecule has 1 heterocycles. The second kappa shape index (κ2) is 5.09. The lowest BCUT2D eigenvalue weighted by atomic mass is 10.1. The van der Waals surface area contributed by atoms with Gasteiger partial charge >= 0.3 is 0 Å². The maximum Gasteiger partial charge on any atom is 0.101 e. The van der Waals surface area contributed by atoms with Crippen LogP contribution in [0.15, 0.2) is 24.3 Å². The summed E-state index contributed by atoms with van der Waals surface area (Å²) in [6.45, 7) is 0.